The fourth-order valence-electron chi connectivity index (χ4n) is 3.44. The molecule has 2 heterocycles. The lowest BCUT2D eigenvalue weighted by molar-refractivity contribution is 0.00981. The Morgan fingerprint density at radius 3 is 2.42 bits per heavy atom. The summed E-state index contributed by atoms with van der Waals surface area (Å²) in [7, 11) is 1.64. The number of β-amino-alcohol motifs (C(OH)–C–C–N with tert-alkyl or cyclic N) is 1. The molecule has 2 atom stereocenters. The van der Waals surface area contributed by atoms with Crippen LogP contribution in [0.2, 0.25) is 0 Å². The van der Waals surface area contributed by atoms with Crippen molar-refractivity contribution in [2.75, 3.05) is 31.6 Å². The maximum absolute atomic E-state index is 10.2. The van der Waals surface area contributed by atoms with E-state index >= 15 is 0 Å². The van der Waals surface area contributed by atoms with Crippen molar-refractivity contribution in [3.05, 3.63) is 11.8 Å². The van der Waals surface area contributed by atoms with Crippen LogP contribution in [0.15, 0.2) is 6.07 Å². The van der Waals surface area contributed by atoms with Gasteiger partial charge in [0.05, 0.1) is 12.7 Å². The summed E-state index contributed by atoms with van der Waals surface area (Å²) in [4.78, 5) is 13.9. The molecule has 0 saturated carbocycles. The van der Waals surface area contributed by atoms with E-state index in [0.29, 0.717) is 24.5 Å². The van der Waals surface area contributed by atoms with Crippen LogP contribution in [0.3, 0.4) is 0 Å². The van der Waals surface area contributed by atoms with Gasteiger partial charge in [0, 0.05) is 43.5 Å². The molecule has 1 aliphatic heterocycles. The average molecular weight is 336 g/mol. The highest BCUT2D eigenvalue weighted by Gasteiger charge is 2.35. The molecule has 0 bridgehead atoms. The number of nitrogens with zero attached hydrogens (tertiary/aromatic N) is 4. The Kier molecular flexibility index (Phi) is 6.04. The number of aromatic nitrogens is 2. The Labute approximate surface area is 145 Å². The third-order valence-electron chi connectivity index (χ3n) is 4.63. The molecule has 0 radical (unpaired) electrons. The monoisotopic (exact) mass is 336 g/mol. The van der Waals surface area contributed by atoms with Crippen molar-refractivity contribution in [1.82, 2.24) is 14.9 Å². The highest BCUT2D eigenvalue weighted by molar-refractivity contribution is 5.37. The number of hydrogen-bond acceptors (Lipinski definition) is 6. The summed E-state index contributed by atoms with van der Waals surface area (Å²) in [6.07, 6.45) is 2.05. The Morgan fingerprint density at radius 2 is 1.88 bits per heavy atom. The summed E-state index contributed by atoms with van der Waals surface area (Å²) in [5, 5.41) is 10.2. The van der Waals surface area contributed by atoms with Gasteiger partial charge in [-0.15, -0.1) is 0 Å². The molecule has 24 heavy (non-hydrogen) atoms. The molecule has 1 fully saturated rings. The van der Waals surface area contributed by atoms with E-state index in [9.17, 15) is 5.11 Å². The first-order chi connectivity index (χ1) is 11.3. The molecule has 0 unspecified atom stereocenters. The lowest BCUT2D eigenvalue weighted by Gasteiger charge is -2.47. The van der Waals surface area contributed by atoms with Crippen LogP contribution in [0.4, 0.5) is 5.95 Å². The largest absolute Gasteiger partial charge is 0.481 e. The number of hydrogen-bond donors (Lipinski definition) is 1. The van der Waals surface area contributed by atoms with Gasteiger partial charge in [0.25, 0.3) is 0 Å². The van der Waals surface area contributed by atoms with Gasteiger partial charge in [0.15, 0.2) is 0 Å². The third-order valence-corrected chi connectivity index (χ3v) is 4.63. The number of rotatable bonds is 6. The molecule has 136 valence electrons. The summed E-state index contributed by atoms with van der Waals surface area (Å²) < 4.78 is 5.31. The summed E-state index contributed by atoms with van der Waals surface area (Å²) in [5.41, 5.74) is 0.232. The number of methoxy groups -OCH3 is 1. The molecule has 1 aromatic rings. The number of aliphatic hydroxyl groups is 1. The molecular weight excluding hydrogens is 304 g/mol. The minimum Gasteiger partial charge on any atom is -0.481 e. The fourth-order valence-corrected chi connectivity index (χ4v) is 3.44. The summed E-state index contributed by atoms with van der Waals surface area (Å²) in [5.74, 6) is 1.36. The number of ether oxygens (including phenoxy) is 1. The van der Waals surface area contributed by atoms with E-state index in [-0.39, 0.29) is 0 Å². The zero-order valence-electron chi connectivity index (χ0n) is 15.9. The molecule has 0 aliphatic carbocycles. The van der Waals surface area contributed by atoms with Crippen LogP contribution in [0, 0.1) is 6.92 Å². The van der Waals surface area contributed by atoms with Gasteiger partial charge < -0.3 is 14.7 Å². The predicted octanol–water partition coefficient (Wildman–Crippen LogP) is 2.24. The van der Waals surface area contributed by atoms with Crippen molar-refractivity contribution in [3.63, 3.8) is 0 Å². The van der Waals surface area contributed by atoms with Crippen molar-refractivity contribution < 1.29 is 9.84 Å². The van der Waals surface area contributed by atoms with E-state index in [1.54, 1.807) is 7.11 Å². The molecule has 1 saturated heterocycles. The van der Waals surface area contributed by atoms with Crippen LogP contribution in [-0.2, 0) is 0 Å². The standard InChI is InChI=1S/C18H32N4O2/c1-7-14-11-22(17-19-13(3)9-16(20-17)24-6)15(8-2)10-21(14)12-18(4,5)23/h9,14-15,23H,7-8,10-12H2,1-6H3/t14-,15-/m0/s1. The number of piperazine rings is 1. The molecule has 2 rings (SSSR count). The number of anilines is 1. The minimum absolute atomic E-state index is 0.335. The molecule has 6 heteroatoms. The zero-order chi connectivity index (χ0) is 17.9. The number of aryl methyl sites for hydroxylation is 1. The molecule has 0 spiro atoms. The van der Waals surface area contributed by atoms with Crippen molar-refractivity contribution in [1.29, 1.82) is 0 Å². The predicted molar refractivity (Wildman–Crippen MR) is 96.7 cm³/mol. The van der Waals surface area contributed by atoms with Crippen LogP contribution in [0.1, 0.15) is 46.2 Å². The van der Waals surface area contributed by atoms with Gasteiger partial charge in [0.2, 0.25) is 11.8 Å². The molecule has 1 aromatic heterocycles. The lowest BCUT2D eigenvalue weighted by atomic mass is 10.00. The quantitative estimate of drug-likeness (QED) is 0.860. The fraction of sp³-hybridized carbons (Fsp3) is 0.778. The first-order valence-corrected chi connectivity index (χ1v) is 8.90. The highest BCUT2D eigenvalue weighted by Crippen LogP contribution is 2.26. The lowest BCUT2D eigenvalue weighted by Crippen LogP contribution is -2.60. The normalized spacial score (nSPS) is 22.7. The van der Waals surface area contributed by atoms with E-state index in [1.807, 2.05) is 26.8 Å². The second kappa shape index (κ2) is 7.66. The van der Waals surface area contributed by atoms with Gasteiger partial charge >= 0.3 is 0 Å². The van der Waals surface area contributed by atoms with Gasteiger partial charge in [-0.1, -0.05) is 13.8 Å². The molecule has 1 aliphatic rings. The van der Waals surface area contributed by atoms with Gasteiger partial charge in [-0.2, -0.15) is 4.98 Å². The molecular formula is C18H32N4O2. The van der Waals surface area contributed by atoms with E-state index < -0.39 is 5.60 Å². The van der Waals surface area contributed by atoms with E-state index in [4.69, 9.17) is 4.74 Å². The average Bonchev–Trinajstić information content (AvgIpc) is 2.52. The van der Waals surface area contributed by atoms with Crippen LogP contribution < -0.4 is 9.64 Å². The summed E-state index contributed by atoms with van der Waals surface area (Å²) >= 11 is 0. The van der Waals surface area contributed by atoms with Gasteiger partial charge in [-0.3, -0.25) is 4.90 Å². The van der Waals surface area contributed by atoms with Crippen LogP contribution in [0.5, 0.6) is 5.88 Å². The van der Waals surface area contributed by atoms with Gasteiger partial charge in [-0.05, 0) is 33.6 Å². The third kappa shape index (κ3) is 4.57. The maximum atomic E-state index is 10.2. The van der Waals surface area contributed by atoms with E-state index in [1.165, 1.54) is 0 Å². The minimum atomic E-state index is -0.684. The second-order valence-electron chi connectivity index (χ2n) is 7.37. The van der Waals surface area contributed by atoms with Crippen molar-refractivity contribution in [2.45, 2.75) is 65.1 Å². The van der Waals surface area contributed by atoms with Crippen molar-refractivity contribution in [2.24, 2.45) is 0 Å². The maximum Gasteiger partial charge on any atom is 0.229 e. The summed E-state index contributed by atoms with van der Waals surface area (Å²) in [6, 6.07) is 2.57. The van der Waals surface area contributed by atoms with Crippen LogP contribution in [-0.4, -0.2) is 64.4 Å². The second-order valence-corrected chi connectivity index (χ2v) is 7.37. The first-order valence-electron chi connectivity index (χ1n) is 8.90. The van der Waals surface area contributed by atoms with E-state index in [2.05, 4.69) is 33.6 Å². The Balaban J connectivity index is 2.27. The van der Waals surface area contributed by atoms with E-state index in [0.717, 1.165) is 37.6 Å². The topological polar surface area (TPSA) is 61.7 Å². The molecule has 0 aromatic carbocycles. The molecule has 1 N–H and O–H groups in total. The molecule has 0 amide bonds. The SMILES string of the molecule is CC[C@H]1CN(c2nc(C)cc(OC)n2)[C@@H](CC)CN1CC(C)(C)O. The van der Waals surface area contributed by atoms with Gasteiger partial charge in [0.1, 0.15) is 0 Å². The Hall–Kier alpha value is -1.40. The Morgan fingerprint density at radius 1 is 1.21 bits per heavy atom. The highest BCUT2D eigenvalue weighted by atomic mass is 16.5. The van der Waals surface area contributed by atoms with Crippen molar-refractivity contribution >= 4 is 5.95 Å². The van der Waals surface area contributed by atoms with Gasteiger partial charge in [-0.25, -0.2) is 4.98 Å². The Bertz CT molecular complexity index is 544. The van der Waals surface area contributed by atoms with Crippen LogP contribution in [0.25, 0.3) is 0 Å². The smallest absolute Gasteiger partial charge is 0.229 e. The zero-order valence-corrected chi connectivity index (χ0v) is 15.9. The molecule has 6 nitrogen and oxygen atoms in total. The summed E-state index contributed by atoms with van der Waals surface area (Å²) in [6.45, 7) is 12.6. The van der Waals surface area contributed by atoms with Crippen LogP contribution >= 0.6 is 0 Å². The van der Waals surface area contributed by atoms with Crippen molar-refractivity contribution in [3.8, 4) is 5.88 Å². The first kappa shape index (κ1) is 18.9.